The molecular weight excluding hydrogens is 386 g/mol. The number of hydrogen-bond acceptors (Lipinski definition) is 4. The number of anilines is 2. The van der Waals surface area contributed by atoms with Gasteiger partial charge < -0.3 is 15.6 Å². The van der Waals surface area contributed by atoms with Gasteiger partial charge in [0.2, 0.25) is 5.91 Å². The second-order valence-corrected chi connectivity index (χ2v) is 8.73. The monoisotopic (exact) mass is 413 g/mol. The summed E-state index contributed by atoms with van der Waals surface area (Å²) >= 11 is 0. The van der Waals surface area contributed by atoms with Crippen LogP contribution in [-0.4, -0.2) is 20.9 Å². The maximum Gasteiger partial charge on any atom is 0.229 e. The van der Waals surface area contributed by atoms with Gasteiger partial charge in [-0.2, -0.15) is 0 Å². The Hall–Kier alpha value is -3.67. The van der Waals surface area contributed by atoms with Gasteiger partial charge in [-0.05, 0) is 30.7 Å². The zero-order chi connectivity index (χ0) is 22.0. The normalized spacial score (nSPS) is 12.5. The van der Waals surface area contributed by atoms with Crippen LogP contribution >= 0.6 is 0 Å². The van der Waals surface area contributed by atoms with E-state index in [1.807, 2.05) is 69.3 Å². The predicted octanol–water partition coefficient (Wildman–Crippen LogP) is 5.78. The molecule has 0 aliphatic heterocycles. The third-order valence-corrected chi connectivity index (χ3v) is 5.19. The number of carbonyl (C=O) groups excluding carboxylic acids is 1. The highest BCUT2D eigenvalue weighted by atomic mass is 16.2. The minimum absolute atomic E-state index is 0.0199. The second kappa shape index (κ2) is 8.22. The molecule has 0 radical (unpaired) electrons. The fraction of sp³-hybridized carbons (Fsp3) is 0.240. The molecule has 4 rings (SSSR count). The van der Waals surface area contributed by atoms with Crippen LogP contribution in [0.1, 0.15) is 39.3 Å². The zero-order valence-corrected chi connectivity index (χ0v) is 18.2. The molecule has 0 unspecified atom stereocenters. The van der Waals surface area contributed by atoms with E-state index < -0.39 is 5.41 Å². The van der Waals surface area contributed by atoms with E-state index in [0.717, 1.165) is 33.8 Å². The van der Waals surface area contributed by atoms with Crippen LogP contribution in [0.5, 0.6) is 0 Å². The molecule has 6 heteroatoms. The van der Waals surface area contributed by atoms with Crippen molar-refractivity contribution < 1.29 is 4.79 Å². The molecule has 31 heavy (non-hydrogen) atoms. The summed E-state index contributed by atoms with van der Waals surface area (Å²) in [6.07, 6.45) is 1.56. The summed E-state index contributed by atoms with van der Waals surface area (Å²) in [6.45, 7) is 7.80. The number of fused-ring (bicyclic) bond motifs is 1. The number of amides is 1. The Morgan fingerprint density at radius 3 is 2.52 bits per heavy atom. The van der Waals surface area contributed by atoms with Crippen LogP contribution in [0, 0.1) is 5.41 Å². The van der Waals surface area contributed by atoms with Gasteiger partial charge in [0.25, 0.3) is 0 Å². The lowest BCUT2D eigenvalue weighted by Gasteiger charge is -2.17. The Bertz CT molecular complexity index is 1210. The first-order valence-corrected chi connectivity index (χ1v) is 10.4. The van der Waals surface area contributed by atoms with Crippen molar-refractivity contribution >= 4 is 28.4 Å². The lowest BCUT2D eigenvalue weighted by molar-refractivity contribution is -0.123. The van der Waals surface area contributed by atoms with Crippen LogP contribution in [0.4, 0.5) is 11.5 Å². The first-order chi connectivity index (χ1) is 14.8. The summed E-state index contributed by atoms with van der Waals surface area (Å²) < 4.78 is 0. The van der Waals surface area contributed by atoms with E-state index in [-0.39, 0.29) is 11.9 Å². The van der Waals surface area contributed by atoms with Gasteiger partial charge in [0.15, 0.2) is 0 Å². The lowest BCUT2D eigenvalue weighted by atomic mass is 9.95. The van der Waals surface area contributed by atoms with Gasteiger partial charge >= 0.3 is 0 Å². The van der Waals surface area contributed by atoms with E-state index >= 15 is 0 Å². The number of carbonyl (C=O) groups is 1. The molecule has 0 spiro atoms. The highest BCUT2D eigenvalue weighted by Crippen LogP contribution is 2.30. The maximum absolute atomic E-state index is 12.3. The fourth-order valence-electron chi connectivity index (χ4n) is 3.32. The van der Waals surface area contributed by atoms with Crippen molar-refractivity contribution in [2.75, 3.05) is 10.6 Å². The minimum Gasteiger partial charge on any atom is -0.363 e. The molecule has 4 aromatic rings. The first-order valence-electron chi connectivity index (χ1n) is 10.4. The smallest absolute Gasteiger partial charge is 0.229 e. The molecule has 6 nitrogen and oxygen atoms in total. The maximum atomic E-state index is 12.3. The molecule has 0 saturated heterocycles. The standard InChI is InChI=1S/C25H27N5O/c1-16(17-9-6-5-7-10-17)28-22-20-14-21(30-23(20)27-15-26-22)18-11-8-12-19(13-18)29-24(31)25(2,3)4/h5-16H,1-4H3,(H,29,31)(H2,26,27,28,30)/t16-/m1/s1. The summed E-state index contributed by atoms with van der Waals surface area (Å²) in [5, 5.41) is 7.40. The Kier molecular flexibility index (Phi) is 5.46. The Balaban J connectivity index is 1.62. The number of aromatic nitrogens is 3. The highest BCUT2D eigenvalue weighted by Gasteiger charge is 2.21. The van der Waals surface area contributed by atoms with Gasteiger partial charge in [0.1, 0.15) is 17.8 Å². The molecular formula is C25H27N5O. The molecule has 1 atom stereocenters. The van der Waals surface area contributed by atoms with Crippen molar-refractivity contribution in [3.8, 4) is 11.3 Å². The van der Waals surface area contributed by atoms with Crippen LogP contribution < -0.4 is 10.6 Å². The molecule has 0 saturated carbocycles. The average molecular weight is 414 g/mol. The lowest BCUT2D eigenvalue weighted by Crippen LogP contribution is -2.27. The van der Waals surface area contributed by atoms with E-state index in [9.17, 15) is 4.79 Å². The minimum atomic E-state index is -0.456. The van der Waals surface area contributed by atoms with Gasteiger partial charge in [-0.25, -0.2) is 9.97 Å². The first kappa shape index (κ1) is 20.6. The SMILES string of the molecule is C[C@@H](Nc1ncnc2[nH]c(-c3cccc(NC(=O)C(C)(C)C)c3)cc12)c1ccccc1. The number of hydrogen-bond donors (Lipinski definition) is 3. The van der Waals surface area contributed by atoms with Crippen molar-refractivity contribution in [1.82, 2.24) is 15.0 Å². The van der Waals surface area contributed by atoms with Crippen LogP contribution in [0.15, 0.2) is 67.0 Å². The van der Waals surface area contributed by atoms with E-state index in [1.54, 1.807) is 6.33 Å². The number of rotatable bonds is 5. The van der Waals surface area contributed by atoms with Crippen molar-refractivity contribution in [1.29, 1.82) is 0 Å². The summed E-state index contributed by atoms with van der Waals surface area (Å²) in [6, 6.07) is 20.2. The van der Waals surface area contributed by atoms with E-state index in [1.165, 1.54) is 5.56 Å². The largest absolute Gasteiger partial charge is 0.363 e. The molecule has 1 amide bonds. The highest BCUT2D eigenvalue weighted by molar-refractivity contribution is 5.96. The Morgan fingerprint density at radius 2 is 1.77 bits per heavy atom. The number of benzene rings is 2. The van der Waals surface area contributed by atoms with Gasteiger partial charge in [0, 0.05) is 28.4 Å². The number of nitrogens with one attached hydrogen (secondary N) is 3. The molecule has 0 aliphatic carbocycles. The summed E-state index contributed by atoms with van der Waals surface area (Å²) in [7, 11) is 0. The molecule has 0 aliphatic rings. The average Bonchev–Trinajstić information content (AvgIpc) is 3.19. The van der Waals surface area contributed by atoms with Gasteiger partial charge in [-0.3, -0.25) is 4.79 Å². The van der Waals surface area contributed by atoms with Crippen LogP contribution in [0.25, 0.3) is 22.3 Å². The Labute approximate surface area is 182 Å². The molecule has 0 bridgehead atoms. The summed E-state index contributed by atoms with van der Waals surface area (Å²) in [5.74, 6) is 0.759. The van der Waals surface area contributed by atoms with Crippen molar-refractivity contribution in [3.63, 3.8) is 0 Å². The van der Waals surface area contributed by atoms with Crippen LogP contribution in [0.2, 0.25) is 0 Å². The third kappa shape index (κ3) is 4.58. The molecule has 0 fully saturated rings. The molecule has 158 valence electrons. The summed E-state index contributed by atoms with van der Waals surface area (Å²) in [4.78, 5) is 24.6. The van der Waals surface area contributed by atoms with Crippen LogP contribution in [-0.2, 0) is 4.79 Å². The summed E-state index contributed by atoms with van der Waals surface area (Å²) in [5.41, 5.74) is 4.13. The molecule has 2 heterocycles. The van der Waals surface area contributed by atoms with E-state index in [0.29, 0.717) is 0 Å². The molecule has 3 N–H and O–H groups in total. The Morgan fingerprint density at radius 1 is 1.00 bits per heavy atom. The second-order valence-electron chi connectivity index (χ2n) is 8.73. The number of H-pyrrole nitrogens is 1. The predicted molar refractivity (Wildman–Crippen MR) is 126 cm³/mol. The molecule has 2 aromatic carbocycles. The van der Waals surface area contributed by atoms with Crippen molar-refractivity contribution in [2.24, 2.45) is 5.41 Å². The molecule has 2 aromatic heterocycles. The van der Waals surface area contributed by atoms with Crippen molar-refractivity contribution in [2.45, 2.75) is 33.7 Å². The van der Waals surface area contributed by atoms with Gasteiger partial charge in [0.05, 0.1) is 5.39 Å². The van der Waals surface area contributed by atoms with Crippen LogP contribution in [0.3, 0.4) is 0 Å². The van der Waals surface area contributed by atoms with Gasteiger partial charge in [-0.15, -0.1) is 0 Å². The number of nitrogens with zero attached hydrogens (tertiary/aromatic N) is 2. The zero-order valence-electron chi connectivity index (χ0n) is 18.2. The fourth-order valence-corrected chi connectivity index (χ4v) is 3.32. The van der Waals surface area contributed by atoms with Gasteiger partial charge in [-0.1, -0.05) is 63.2 Å². The van der Waals surface area contributed by atoms with E-state index in [2.05, 4.69) is 44.6 Å². The third-order valence-electron chi connectivity index (χ3n) is 5.19. The van der Waals surface area contributed by atoms with E-state index in [4.69, 9.17) is 0 Å². The number of aromatic amines is 1. The topological polar surface area (TPSA) is 82.7 Å². The van der Waals surface area contributed by atoms with Crippen molar-refractivity contribution in [3.05, 3.63) is 72.6 Å². The quantitative estimate of drug-likeness (QED) is 0.387.